The van der Waals surface area contributed by atoms with Crippen molar-refractivity contribution in [1.29, 1.82) is 0 Å². The number of halogens is 2. The van der Waals surface area contributed by atoms with Gasteiger partial charge in [-0.2, -0.15) is 0 Å². The maximum atomic E-state index is 14.2. The van der Waals surface area contributed by atoms with Gasteiger partial charge in [-0.05, 0) is 30.5 Å². The molecule has 3 amide bonds. The van der Waals surface area contributed by atoms with Gasteiger partial charge in [-0.25, -0.2) is 8.78 Å². The van der Waals surface area contributed by atoms with Crippen molar-refractivity contribution >= 4 is 23.4 Å². The van der Waals surface area contributed by atoms with Crippen LogP contribution in [0.25, 0.3) is 0 Å². The largest absolute Gasteiger partial charge is 0.396 e. The molecular weight excluding hydrogens is 372 g/mol. The second kappa shape index (κ2) is 6.80. The second-order valence-corrected chi connectivity index (χ2v) is 7.59. The first kappa shape index (κ1) is 18.8. The lowest BCUT2D eigenvalue weighted by molar-refractivity contribution is -0.136. The Labute approximate surface area is 160 Å². The minimum Gasteiger partial charge on any atom is -0.396 e. The van der Waals surface area contributed by atoms with E-state index in [4.69, 9.17) is 5.11 Å². The highest BCUT2D eigenvalue weighted by Gasteiger charge is 2.45. The number of imide groups is 1. The monoisotopic (exact) mass is 393 g/mol. The number of amides is 3. The molecule has 28 heavy (non-hydrogen) atoms. The first-order valence-electron chi connectivity index (χ1n) is 9.31. The SMILES string of the molecule is O=C1CCC(N2Cc3ccc(N4CCC(CO)C(F)(F)C4)cc3C2=O)C(=O)N1. The molecule has 9 heteroatoms. The Kier molecular flexibility index (Phi) is 4.57. The fourth-order valence-corrected chi connectivity index (χ4v) is 4.17. The van der Waals surface area contributed by atoms with Crippen LogP contribution < -0.4 is 10.2 Å². The Hall–Kier alpha value is -2.55. The van der Waals surface area contributed by atoms with Crippen molar-refractivity contribution < 1.29 is 28.3 Å². The van der Waals surface area contributed by atoms with Crippen molar-refractivity contribution in [3.8, 4) is 0 Å². The third-order valence-electron chi connectivity index (χ3n) is 5.84. The van der Waals surface area contributed by atoms with Gasteiger partial charge in [0.15, 0.2) is 0 Å². The van der Waals surface area contributed by atoms with Crippen molar-refractivity contribution in [2.24, 2.45) is 5.92 Å². The molecule has 0 saturated carbocycles. The molecule has 1 aromatic carbocycles. The Morgan fingerprint density at radius 2 is 2.00 bits per heavy atom. The van der Waals surface area contributed by atoms with Crippen LogP contribution in [0.5, 0.6) is 0 Å². The van der Waals surface area contributed by atoms with Gasteiger partial charge < -0.3 is 14.9 Å². The number of anilines is 1. The fraction of sp³-hybridized carbons (Fsp3) is 0.526. The standard InChI is InChI=1S/C19H21F2N3O4/c20-19(21)10-23(6-5-12(19)9-25)13-2-1-11-8-24(18(28)14(11)7-13)15-3-4-16(26)22-17(15)27/h1-2,7,12,15,25H,3-6,8-10H2,(H,22,26,27). The predicted molar refractivity (Wildman–Crippen MR) is 94.8 cm³/mol. The summed E-state index contributed by atoms with van der Waals surface area (Å²) in [7, 11) is 0. The maximum Gasteiger partial charge on any atom is 0.270 e. The summed E-state index contributed by atoms with van der Waals surface area (Å²) in [6, 6.07) is 4.32. The summed E-state index contributed by atoms with van der Waals surface area (Å²) in [6.45, 7) is -0.444. The first-order valence-corrected chi connectivity index (χ1v) is 9.31. The number of piperidine rings is 2. The van der Waals surface area contributed by atoms with Crippen molar-refractivity contribution in [1.82, 2.24) is 10.2 Å². The molecule has 3 aliphatic heterocycles. The lowest BCUT2D eigenvalue weighted by atomic mass is 9.93. The van der Waals surface area contributed by atoms with Gasteiger partial charge in [-0.1, -0.05) is 6.07 Å². The molecular formula is C19H21F2N3O4. The molecule has 0 aliphatic carbocycles. The smallest absolute Gasteiger partial charge is 0.270 e. The van der Waals surface area contributed by atoms with Crippen LogP contribution in [0.1, 0.15) is 35.2 Å². The van der Waals surface area contributed by atoms with Crippen LogP contribution in [0.2, 0.25) is 0 Å². The van der Waals surface area contributed by atoms with Crippen LogP contribution in [0, 0.1) is 5.92 Å². The topological polar surface area (TPSA) is 90.0 Å². The number of nitrogens with one attached hydrogen (secondary N) is 1. The van der Waals surface area contributed by atoms with Gasteiger partial charge in [0, 0.05) is 36.7 Å². The number of rotatable bonds is 3. The number of aliphatic hydroxyl groups is 1. The maximum absolute atomic E-state index is 14.2. The first-order chi connectivity index (χ1) is 13.3. The van der Waals surface area contributed by atoms with Gasteiger partial charge in [0.25, 0.3) is 11.8 Å². The molecule has 4 rings (SSSR count). The predicted octanol–water partition coefficient (Wildman–Crippen LogP) is 0.901. The van der Waals surface area contributed by atoms with Crippen LogP contribution in [-0.2, 0) is 16.1 Å². The summed E-state index contributed by atoms with van der Waals surface area (Å²) in [5.74, 6) is -5.22. The van der Waals surface area contributed by atoms with Crippen LogP contribution in [-0.4, -0.2) is 59.4 Å². The third-order valence-corrected chi connectivity index (χ3v) is 5.84. The summed E-state index contributed by atoms with van der Waals surface area (Å²) >= 11 is 0. The number of hydrogen-bond acceptors (Lipinski definition) is 5. The van der Waals surface area contributed by atoms with E-state index in [9.17, 15) is 23.2 Å². The molecule has 0 bridgehead atoms. The Morgan fingerprint density at radius 1 is 1.21 bits per heavy atom. The molecule has 3 heterocycles. The van der Waals surface area contributed by atoms with Crippen molar-refractivity contribution in [2.75, 3.05) is 24.6 Å². The van der Waals surface area contributed by atoms with Gasteiger partial charge in [-0.15, -0.1) is 0 Å². The number of carbonyl (C=O) groups is 3. The highest BCUT2D eigenvalue weighted by atomic mass is 19.3. The molecule has 7 nitrogen and oxygen atoms in total. The van der Waals surface area contributed by atoms with E-state index in [2.05, 4.69) is 5.32 Å². The number of nitrogens with zero attached hydrogens (tertiary/aromatic N) is 2. The van der Waals surface area contributed by atoms with E-state index in [1.54, 1.807) is 18.2 Å². The molecule has 1 aromatic rings. The van der Waals surface area contributed by atoms with Crippen LogP contribution >= 0.6 is 0 Å². The Morgan fingerprint density at radius 3 is 2.68 bits per heavy atom. The molecule has 2 N–H and O–H groups in total. The van der Waals surface area contributed by atoms with Gasteiger partial charge >= 0.3 is 0 Å². The van der Waals surface area contributed by atoms with Crippen LogP contribution in [0.3, 0.4) is 0 Å². The van der Waals surface area contributed by atoms with E-state index in [1.165, 1.54) is 9.80 Å². The zero-order chi connectivity index (χ0) is 20.1. The minimum atomic E-state index is -3.01. The Balaban J connectivity index is 1.54. The number of aliphatic hydroxyl groups excluding tert-OH is 1. The van der Waals surface area contributed by atoms with Crippen molar-refractivity contribution in [3.05, 3.63) is 29.3 Å². The average Bonchev–Trinajstić information content (AvgIpc) is 2.97. The van der Waals surface area contributed by atoms with Crippen LogP contribution in [0.15, 0.2) is 18.2 Å². The summed E-state index contributed by atoms with van der Waals surface area (Å²) < 4.78 is 28.4. The van der Waals surface area contributed by atoms with Gasteiger partial charge in [0.1, 0.15) is 6.04 Å². The number of benzene rings is 1. The molecule has 2 saturated heterocycles. The number of alkyl halides is 2. The van der Waals surface area contributed by atoms with Crippen molar-refractivity contribution in [2.45, 2.75) is 37.8 Å². The fourth-order valence-electron chi connectivity index (χ4n) is 4.17. The molecule has 3 aliphatic rings. The van der Waals surface area contributed by atoms with E-state index in [0.717, 1.165) is 5.56 Å². The normalized spacial score (nSPS) is 27.0. The number of carbonyl (C=O) groups excluding carboxylic acids is 3. The van der Waals surface area contributed by atoms with Gasteiger partial charge in [0.05, 0.1) is 13.2 Å². The zero-order valence-corrected chi connectivity index (χ0v) is 15.2. The lowest BCUT2D eigenvalue weighted by Crippen LogP contribution is -2.52. The van der Waals surface area contributed by atoms with E-state index in [0.29, 0.717) is 17.8 Å². The third kappa shape index (κ3) is 3.13. The van der Waals surface area contributed by atoms with Crippen molar-refractivity contribution in [3.63, 3.8) is 0 Å². The van der Waals surface area contributed by atoms with E-state index < -0.39 is 36.9 Å². The number of fused-ring (bicyclic) bond motifs is 1. The zero-order valence-electron chi connectivity index (χ0n) is 15.2. The quantitative estimate of drug-likeness (QED) is 0.745. The molecule has 0 aromatic heterocycles. The van der Waals surface area contributed by atoms with E-state index in [1.807, 2.05) is 0 Å². The molecule has 2 fully saturated rings. The molecule has 150 valence electrons. The van der Waals surface area contributed by atoms with Gasteiger partial charge in [0.2, 0.25) is 11.8 Å². The summed E-state index contributed by atoms with van der Waals surface area (Å²) in [6.07, 6.45) is 0.617. The molecule has 2 atom stereocenters. The highest BCUT2D eigenvalue weighted by molar-refractivity contribution is 6.05. The second-order valence-electron chi connectivity index (χ2n) is 7.59. The number of hydrogen-bond donors (Lipinski definition) is 2. The summed E-state index contributed by atoms with van der Waals surface area (Å²) in [5.41, 5.74) is 1.65. The highest BCUT2D eigenvalue weighted by Crippen LogP contribution is 2.36. The average molecular weight is 393 g/mol. The Bertz CT molecular complexity index is 844. The van der Waals surface area contributed by atoms with E-state index in [-0.39, 0.29) is 37.6 Å². The summed E-state index contributed by atoms with van der Waals surface area (Å²) in [4.78, 5) is 39.2. The molecule has 2 unspecified atom stereocenters. The minimum absolute atomic E-state index is 0.164. The van der Waals surface area contributed by atoms with E-state index >= 15 is 0 Å². The lowest BCUT2D eigenvalue weighted by Gasteiger charge is -2.39. The van der Waals surface area contributed by atoms with Crippen LogP contribution in [0.4, 0.5) is 14.5 Å². The van der Waals surface area contributed by atoms with Gasteiger partial charge in [-0.3, -0.25) is 19.7 Å². The summed E-state index contributed by atoms with van der Waals surface area (Å²) in [5, 5.41) is 11.4. The molecule has 0 spiro atoms. The molecule has 0 radical (unpaired) electrons.